The summed E-state index contributed by atoms with van der Waals surface area (Å²) < 4.78 is 4.98. The van der Waals surface area contributed by atoms with E-state index in [-0.39, 0.29) is 11.3 Å². The number of hydrogen-bond acceptors (Lipinski definition) is 0. The van der Waals surface area contributed by atoms with Crippen molar-refractivity contribution in [3.05, 3.63) is 361 Å². The Morgan fingerprint density at radius 1 is 0.303 bits per heavy atom. The van der Waals surface area contributed by atoms with Crippen LogP contribution < -0.4 is 0 Å². The highest BCUT2D eigenvalue weighted by atomic mass is 15.0. The molecule has 0 saturated heterocycles. The van der Waals surface area contributed by atoms with Crippen LogP contribution in [-0.2, 0) is 10.8 Å². The molecule has 16 aromatic rings. The first-order chi connectivity index (χ1) is 44.1. The molecule has 0 bridgehead atoms. The number of rotatable bonds is 8. The van der Waals surface area contributed by atoms with E-state index in [4.69, 9.17) is 0 Å². The molecule has 3 aliphatic carbocycles. The summed E-state index contributed by atoms with van der Waals surface area (Å²) in [6.45, 7) is 0. The Bertz CT molecular complexity index is 5620. The number of fused-ring (bicyclic) bond motifs is 15. The van der Waals surface area contributed by atoms with Gasteiger partial charge < -0.3 is 14.1 Å². The van der Waals surface area contributed by atoms with Gasteiger partial charge in [0.2, 0.25) is 0 Å². The normalized spacial score (nSPS) is 16.2. The van der Waals surface area contributed by atoms with Crippen molar-refractivity contribution in [2.75, 3.05) is 0 Å². The molecule has 3 heteroatoms. The van der Waals surface area contributed by atoms with Gasteiger partial charge in [-0.05, 0) is 181 Å². The highest BCUT2D eigenvalue weighted by Crippen LogP contribution is 2.60. The van der Waals surface area contributed by atoms with Gasteiger partial charge in [0, 0.05) is 54.7 Å². The maximum Gasteiger partial charge on any atom is 0.0714 e. The Morgan fingerprint density at radius 2 is 0.730 bits per heavy atom. The first-order valence-corrected chi connectivity index (χ1v) is 31.2. The van der Waals surface area contributed by atoms with Crippen molar-refractivity contribution in [2.45, 2.75) is 17.3 Å². The molecule has 2 unspecified atom stereocenters. The largest absolute Gasteiger partial charge is 0.355 e. The molecular formula is C86H57N3. The molecule has 13 aromatic carbocycles. The summed E-state index contributed by atoms with van der Waals surface area (Å²) in [5, 5.41) is 7.37. The van der Waals surface area contributed by atoms with Crippen molar-refractivity contribution in [2.24, 2.45) is 5.92 Å². The zero-order chi connectivity index (χ0) is 58.4. The van der Waals surface area contributed by atoms with Gasteiger partial charge in [0.05, 0.1) is 32.9 Å². The topological polar surface area (TPSA) is 25.6 Å². The molecule has 0 radical (unpaired) electrons. The second-order valence-electron chi connectivity index (χ2n) is 24.7. The van der Waals surface area contributed by atoms with Gasteiger partial charge in [-0.25, -0.2) is 0 Å². The van der Waals surface area contributed by atoms with E-state index < -0.39 is 5.41 Å². The fourth-order valence-corrected chi connectivity index (χ4v) is 16.7. The predicted molar refractivity (Wildman–Crippen MR) is 371 cm³/mol. The van der Waals surface area contributed by atoms with Crippen LogP contribution in [0.15, 0.2) is 322 Å². The molecule has 3 nitrogen and oxygen atoms in total. The molecule has 0 saturated carbocycles. The molecule has 3 aromatic heterocycles. The zero-order valence-electron chi connectivity index (χ0n) is 48.8. The van der Waals surface area contributed by atoms with E-state index in [0.717, 1.165) is 23.1 Å². The smallest absolute Gasteiger partial charge is 0.0714 e. The van der Waals surface area contributed by atoms with Crippen LogP contribution in [0.3, 0.4) is 0 Å². The minimum atomic E-state index is -0.491. The minimum Gasteiger partial charge on any atom is -0.355 e. The first kappa shape index (κ1) is 49.9. The Hall–Kier alpha value is -11.3. The van der Waals surface area contributed by atoms with Crippen LogP contribution in [0, 0.1) is 5.92 Å². The van der Waals surface area contributed by atoms with E-state index in [9.17, 15) is 0 Å². The van der Waals surface area contributed by atoms with E-state index in [0.29, 0.717) is 0 Å². The number of para-hydroxylation sites is 2. The van der Waals surface area contributed by atoms with Gasteiger partial charge in [-0.15, -0.1) is 0 Å². The third kappa shape index (κ3) is 7.04. The van der Waals surface area contributed by atoms with Crippen LogP contribution in [0.25, 0.3) is 121 Å². The summed E-state index contributed by atoms with van der Waals surface area (Å²) in [5.41, 5.74) is 27.7. The van der Waals surface area contributed by atoms with Crippen molar-refractivity contribution in [1.82, 2.24) is 14.1 Å². The molecule has 416 valence electrons. The van der Waals surface area contributed by atoms with Gasteiger partial charge in [-0.3, -0.25) is 0 Å². The summed E-state index contributed by atoms with van der Waals surface area (Å²) >= 11 is 0. The SMILES string of the molecule is C1=CCC(C2(c3ccccc3)c3ccccc3-c3ccc(-n4c5ccccc5c5cc(-c6ccc7[nH]c8ccc(-c9ccc%10c(c9)c9ccccc9n%10-c9ccc%10c(c9)C(c9ccccc9)(c9ccccc9)c9ccccc9-%10)cc8c7c6)ccc54)cc32)C=C1. The quantitative estimate of drug-likeness (QED) is 0.157. The molecule has 89 heavy (non-hydrogen) atoms. The molecule has 0 aliphatic heterocycles. The molecule has 19 rings (SSSR count). The molecule has 0 spiro atoms. The van der Waals surface area contributed by atoms with E-state index in [1.807, 2.05) is 0 Å². The highest BCUT2D eigenvalue weighted by molar-refractivity contribution is 6.14. The summed E-state index contributed by atoms with van der Waals surface area (Å²) in [6, 6.07) is 112. The fourth-order valence-electron chi connectivity index (χ4n) is 16.7. The van der Waals surface area contributed by atoms with Crippen molar-refractivity contribution >= 4 is 65.4 Å². The van der Waals surface area contributed by atoms with E-state index in [1.165, 1.54) is 144 Å². The lowest BCUT2D eigenvalue weighted by atomic mass is 9.62. The van der Waals surface area contributed by atoms with Crippen molar-refractivity contribution < 1.29 is 0 Å². The number of aromatic nitrogens is 3. The number of allylic oxidation sites excluding steroid dienone is 4. The standard InChI is InChI=1S/C86H57N3/c1-5-21-59(22-6-1)85(60-23-7-2-8-24-60)75-33-17-13-29-65(75)67-43-41-63(53-77(67)85)88-81-35-19-15-31-69(81)73-51-57(39-47-83(73)88)55-37-45-79-71(49-55)72-50-56(38-46-80(72)87-79)58-40-48-84-74(52-58)70-32-16-20-36-82(70)89(84)64-42-44-68-66-30-14-18-34-76(66)86(78(68)54-64,61-25-9-3-10-26-61)62-27-11-4-12-28-62/h1-27,29-54,62,87H,28H2. The Kier molecular flexibility index (Phi) is 10.7. The summed E-state index contributed by atoms with van der Waals surface area (Å²) in [7, 11) is 0. The average molecular weight is 1130 g/mol. The van der Waals surface area contributed by atoms with Crippen LogP contribution in [-0.4, -0.2) is 14.1 Å². The molecule has 1 N–H and O–H groups in total. The maximum absolute atomic E-state index is 3.78. The van der Waals surface area contributed by atoms with Crippen molar-refractivity contribution in [3.63, 3.8) is 0 Å². The van der Waals surface area contributed by atoms with Gasteiger partial charge in [0.15, 0.2) is 0 Å². The van der Waals surface area contributed by atoms with Crippen LogP contribution in [0.1, 0.15) is 45.4 Å². The van der Waals surface area contributed by atoms with Crippen LogP contribution in [0.2, 0.25) is 0 Å². The van der Waals surface area contributed by atoms with E-state index in [2.05, 4.69) is 336 Å². The number of nitrogens with zero attached hydrogens (tertiary/aromatic N) is 2. The summed E-state index contributed by atoms with van der Waals surface area (Å²) in [5.74, 6) is 0.254. The third-order valence-electron chi connectivity index (χ3n) is 20.4. The zero-order valence-corrected chi connectivity index (χ0v) is 48.8. The number of benzene rings is 13. The lowest BCUT2D eigenvalue weighted by Crippen LogP contribution is -2.35. The minimum absolute atomic E-state index is 0.254. The van der Waals surface area contributed by atoms with Gasteiger partial charge in [-0.2, -0.15) is 0 Å². The van der Waals surface area contributed by atoms with Crippen LogP contribution in [0.4, 0.5) is 0 Å². The predicted octanol–water partition coefficient (Wildman–Crippen LogP) is 21.7. The number of nitrogens with one attached hydrogen (secondary N) is 1. The summed E-state index contributed by atoms with van der Waals surface area (Å²) in [4.78, 5) is 3.78. The van der Waals surface area contributed by atoms with Crippen LogP contribution >= 0.6 is 0 Å². The maximum atomic E-state index is 3.78. The van der Waals surface area contributed by atoms with E-state index in [1.54, 1.807) is 0 Å². The van der Waals surface area contributed by atoms with Crippen molar-refractivity contribution in [3.8, 4) is 55.9 Å². The molecule has 0 amide bonds. The summed E-state index contributed by atoms with van der Waals surface area (Å²) in [6.07, 6.45) is 10.2. The Morgan fingerprint density at radius 3 is 1.28 bits per heavy atom. The number of aromatic amines is 1. The molecule has 3 heterocycles. The molecule has 3 aliphatic rings. The van der Waals surface area contributed by atoms with Gasteiger partial charge >= 0.3 is 0 Å². The lowest BCUT2D eigenvalue weighted by Gasteiger charge is -2.39. The van der Waals surface area contributed by atoms with Gasteiger partial charge in [-0.1, -0.05) is 237 Å². The highest BCUT2D eigenvalue weighted by Gasteiger charge is 2.50. The average Bonchev–Trinajstić information content (AvgIpc) is 1.58. The van der Waals surface area contributed by atoms with Gasteiger partial charge in [0.25, 0.3) is 0 Å². The number of H-pyrrole nitrogens is 1. The Balaban J connectivity index is 0.709. The monoisotopic (exact) mass is 1130 g/mol. The molecule has 0 fully saturated rings. The fraction of sp³-hybridized carbons (Fsp3) is 0.0465. The lowest BCUT2D eigenvalue weighted by molar-refractivity contribution is 0.457. The first-order valence-electron chi connectivity index (χ1n) is 31.2. The third-order valence-corrected chi connectivity index (χ3v) is 20.4. The second-order valence-corrected chi connectivity index (χ2v) is 24.7. The molecular weight excluding hydrogens is 1070 g/mol. The molecule has 2 atom stereocenters. The van der Waals surface area contributed by atoms with Crippen molar-refractivity contribution in [1.29, 1.82) is 0 Å². The Labute approximate surface area is 516 Å². The van der Waals surface area contributed by atoms with Gasteiger partial charge in [0.1, 0.15) is 0 Å². The number of hydrogen-bond donors (Lipinski definition) is 1. The van der Waals surface area contributed by atoms with E-state index >= 15 is 0 Å². The second kappa shape index (κ2) is 19.1. The van der Waals surface area contributed by atoms with Crippen LogP contribution in [0.5, 0.6) is 0 Å².